The standard InChI is InChI=1S/C17H26BrClO2/c1-20-15-10-11-17(16(19)14-15)21-13-9-7-5-3-2-4-6-8-12-18/h10-11,14H,2-9,12-13H2,1H3. The van der Waals surface area contributed by atoms with Gasteiger partial charge >= 0.3 is 0 Å². The van der Waals surface area contributed by atoms with Crippen molar-refractivity contribution in [3.05, 3.63) is 23.2 Å². The lowest BCUT2D eigenvalue weighted by molar-refractivity contribution is 0.304. The minimum atomic E-state index is 0.612. The summed E-state index contributed by atoms with van der Waals surface area (Å²) in [4.78, 5) is 0. The topological polar surface area (TPSA) is 18.5 Å². The zero-order valence-corrected chi connectivity index (χ0v) is 15.2. The van der Waals surface area contributed by atoms with Crippen LogP contribution in [-0.2, 0) is 0 Å². The van der Waals surface area contributed by atoms with Crippen molar-refractivity contribution in [3.63, 3.8) is 0 Å². The number of benzene rings is 1. The Morgan fingerprint density at radius 2 is 1.57 bits per heavy atom. The fourth-order valence-corrected chi connectivity index (χ4v) is 2.79. The number of unbranched alkanes of at least 4 members (excludes halogenated alkanes) is 7. The molecule has 0 amide bonds. The van der Waals surface area contributed by atoms with E-state index in [1.54, 1.807) is 13.2 Å². The van der Waals surface area contributed by atoms with Crippen LogP contribution in [0.1, 0.15) is 51.4 Å². The van der Waals surface area contributed by atoms with Crippen LogP contribution >= 0.6 is 27.5 Å². The maximum atomic E-state index is 6.12. The Morgan fingerprint density at radius 3 is 2.14 bits per heavy atom. The van der Waals surface area contributed by atoms with Crippen LogP contribution in [0.4, 0.5) is 0 Å². The molecule has 120 valence electrons. The molecule has 0 heterocycles. The molecule has 0 saturated heterocycles. The summed E-state index contributed by atoms with van der Waals surface area (Å²) < 4.78 is 10.8. The van der Waals surface area contributed by atoms with Gasteiger partial charge in [0.2, 0.25) is 0 Å². The fraction of sp³-hybridized carbons (Fsp3) is 0.647. The van der Waals surface area contributed by atoms with E-state index in [9.17, 15) is 0 Å². The molecular formula is C17H26BrClO2. The molecule has 1 aromatic rings. The summed E-state index contributed by atoms with van der Waals surface area (Å²) >= 11 is 9.59. The molecule has 0 aliphatic rings. The lowest BCUT2D eigenvalue weighted by Crippen LogP contribution is -1.98. The zero-order chi connectivity index (χ0) is 15.3. The van der Waals surface area contributed by atoms with E-state index in [1.807, 2.05) is 12.1 Å². The Bertz CT molecular complexity index is 385. The Morgan fingerprint density at radius 1 is 0.952 bits per heavy atom. The molecule has 0 aliphatic carbocycles. The van der Waals surface area contributed by atoms with E-state index in [0.29, 0.717) is 5.02 Å². The Kier molecular flexibility index (Phi) is 10.8. The number of ether oxygens (including phenoxy) is 2. The van der Waals surface area contributed by atoms with Crippen LogP contribution < -0.4 is 9.47 Å². The number of hydrogen-bond donors (Lipinski definition) is 0. The van der Waals surface area contributed by atoms with Crippen LogP contribution in [0.3, 0.4) is 0 Å². The molecule has 0 N–H and O–H groups in total. The smallest absolute Gasteiger partial charge is 0.138 e. The summed E-state index contributed by atoms with van der Waals surface area (Å²) in [6.45, 7) is 0.732. The molecule has 0 bridgehead atoms. The van der Waals surface area contributed by atoms with E-state index >= 15 is 0 Å². The van der Waals surface area contributed by atoms with Gasteiger partial charge < -0.3 is 9.47 Å². The van der Waals surface area contributed by atoms with Crippen LogP contribution in [0.25, 0.3) is 0 Å². The largest absolute Gasteiger partial charge is 0.497 e. The highest BCUT2D eigenvalue weighted by molar-refractivity contribution is 9.09. The second-order valence-electron chi connectivity index (χ2n) is 5.16. The van der Waals surface area contributed by atoms with Gasteiger partial charge in [-0.25, -0.2) is 0 Å². The summed E-state index contributed by atoms with van der Waals surface area (Å²) in [5.41, 5.74) is 0. The number of alkyl halides is 1. The second kappa shape index (κ2) is 12.2. The zero-order valence-electron chi connectivity index (χ0n) is 12.9. The normalized spacial score (nSPS) is 10.6. The quantitative estimate of drug-likeness (QED) is 0.317. The number of methoxy groups -OCH3 is 1. The van der Waals surface area contributed by atoms with Gasteiger partial charge in [0.15, 0.2) is 0 Å². The Balaban J connectivity index is 2.01. The highest BCUT2D eigenvalue weighted by atomic mass is 79.9. The molecule has 4 heteroatoms. The van der Waals surface area contributed by atoms with Gasteiger partial charge in [-0.1, -0.05) is 66.1 Å². The average molecular weight is 378 g/mol. The third-order valence-corrected chi connectivity index (χ3v) is 4.28. The number of halogens is 2. The Labute approximate surface area is 142 Å². The first-order chi connectivity index (χ1) is 10.3. The van der Waals surface area contributed by atoms with Gasteiger partial charge in [-0.3, -0.25) is 0 Å². The predicted molar refractivity (Wildman–Crippen MR) is 94.2 cm³/mol. The third-order valence-electron chi connectivity index (χ3n) is 3.42. The summed E-state index contributed by atoms with van der Waals surface area (Å²) in [5.74, 6) is 1.50. The van der Waals surface area contributed by atoms with Gasteiger partial charge in [0, 0.05) is 11.4 Å². The maximum absolute atomic E-state index is 6.12. The monoisotopic (exact) mass is 376 g/mol. The second-order valence-corrected chi connectivity index (χ2v) is 6.36. The SMILES string of the molecule is COc1ccc(OCCCCCCCCCCBr)c(Cl)c1. The van der Waals surface area contributed by atoms with Crippen molar-refractivity contribution in [2.45, 2.75) is 51.4 Å². The van der Waals surface area contributed by atoms with Crippen LogP contribution in [0.2, 0.25) is 5.02 Å². The van der Waals surface area contributed by atoms with Crippen molar-refractivity contribution in [3.8, 4) is 11.5 Å². The van der Waals surface area contributed by atoms with E-state index < -0.39 is 0 Å². The van der Waals surface area contributed by atoms with E-state index in [2.05, 4.69) is 15.9 Å². The highest BCUT2D eigenvalue weighted by Crippen LogP contribution is 2.28. The molecule has 0 spiro atoms. The van der Waals surface area contributed by atoms with E-state index in [4.69, 9.17) is 21.1 Å². The van der Waals surface area contributed by atoms with Crippen LogP contribution in [0, 0.1) is 0 Å². The van der Waals surface area contributed by atoms with E-state index in [-0.39, 0.29) is 0 Å². The third kappa shape index (κ3) is 8.57. The van der Waals surface area contributed by atoms with Crippen molar-refractivity contribution >= 4 is 27.5 Å². The molecule has 0 saturated carbocycles. The summed E-state index contributed by atoms with van der Waals surface area (Å²) in [5, 5.41) is 1.75. The van der Waals surface area contributed by atoms with Gasteiger partial charge in [0.1, 0.15) is 11.5 Å². The molecular weight excluding hydrogens is 352 g/mol. The van der Waals surface area contributed by atoms with Crippen molar-refractivity contribution in [2.24, 2.45) is 0 Å². The molecule has 0 fully saturated rings. The molecule has 1 rings (SSSR count). The fourth-order valence-electron chi connectivity index (χ4n) is 2.16. The highest BCUT2D eigenvalue weighted by Gasteiger charge is 2.03. The van der Waals surface area contributed by atoms with Gasteiger partial charge in [0.25, 0.3) is 0 Å². The van der Waals surface area contributed by atoms with Crippen molar-refractivity contribution in [1.82, 2.24) is 0 Å². The summed E-state index contributed by atoms with van der Waals surface area (Å²) in [6.07, 6.45) is 10.3. The first-order valence-electron chi connectivity index (χ1n) is 7.80. The molecule has 0 aromatic heterocycles. The van der Waals surface area contributed by atoms with Crippen LogP contribution in [-0.4, -0.2) is 19.0 Å². The molecule has 21 heavy (non-hydrogen) atoms. The summed E-state index contributed by atoms with van der Waals surface area (Å²) in [6, 6.07) is 5.52. The predicted octanol–water partition coefficient (Wildman–Crippen LogP) is 6.24. The minimum absolute atomic E-state index is 0.612. The number of hydrogen-bond acceptors (Lipinski definition) is 2. The first-order valence-corrected chi connectivity index (χ1v) is 9.30. The van der Waals surface area contributed by atoms with E-state index in [0.717, 1.165) is 29.9 Å². The van der Waals surface area contributed by atoms with Gasteiger partial charge in [-0.2, -0.15) is 0 Å². The molecule has 0 unspecified atom stereocenters. The summed E-state index contributed by atoms with van der Waals surface area (Å²) in [7, 11) is 1.63. The van der Waals surface area contributed by atoms with Crippen LogP contribution in [0.5, 0.6) is 11.5 Å². The average Bonchev–Trinajstić information content (AvgIpc) is 2.50. The number of rotatable bonds is 12. The minimum Gasteiger partial charge on any atom is -0.497 e. The van der Waals surface area contributed by atoms with Gasteiger partial charge in [0.05, 0.1) is 18.7 Å². The van der Waals surface area contributed by atoms with Crippen molar-refractivity contribution in [2.75, 3.05) is 19.0 Å². The molecule has 0 aliphatic heterocycles. The van der Waals surface area contributed by atoms with E-state index in [1.165, 1.54) is 44.9 Å². The van der Waals surface area contributed by atoms with Crippen molar-refractivity contribution < 1.29 is 9.47 Å². The molecule has 2 nitrogen and oxygen atoms in total. The lowest BCUT2D eigenvalue weighted by Gasteiger charge is -2.09. The van der Waals surface area contributed by atoms with Crippen LogP contribution in [0.15, 0.2) is 18.2 Å². The Hall–Kier alpha value is -0.410. The van der Waals surface area contributed by atoms with Gasteiger partial charge in [-0.15, -0.1) is 0 Å². The maximum Gasteiger partial charge on any atom is 0.138 e. The van der Waals surface area contributed by atoms with Crippen molar-refractivity contribution in [1.29, 1.82) is 0 Å². The first kappa shape index (κ1) is 18.6. The lowest BCUT2D eigenvalue weighted by atomic mass is 10.1. The van der Waals surface area contributed by atoms with Gasteiger partial charge in [-0.05, 0) is 25.0 Å². The molecule has 1 aromatic carbocycles. The molecule has 0 atom stereocenters. The molecule has 0 radical (unpaired) electrons.